The molecule has 0 amide bonds. The molecule has 2 N–H and O–H groups in total. The van der Waals surface area contributed by atoms with Crippen LogP contribution in [0.3, 0.4) is 0 Å². The summed E-state index contributed by atoms with van der Waals surface area (Å²) in [6, 6.07) is 6.81. The van der Waals surface area contributed by atoms with Gasteiger partial charge in [-0.25, -0.2) is 0 Å². The maximum atomic E-state index is 10.5. The van der Waals surface area contributed by atoms with E-state index in [1.54, 1.807) is 12.1 Å². The van der Waals surface area contributed by atoms with Crippen molar-refractivity contribution in [2.45, 2.75) is 18.4 Å². The molecule has 3 unspecified atom stereocenters. The zero-order valence-corrected chi connectivity index (χ0v) is 15.4. The van der Waals surface area contributed by atoms with Crippen LogP contribution in [0.2, 0.25) is 20.1 Å². The highest BCUT2D eigenvalue weighted by Gasteiger charge is 2.40. The first-order valence-corrected chi connectivity index (χ1v) is 9.07. The number of phenolic OH excluding ortho intramolecular Hbond substituents is 1. The summed E-state index contributed by atoms with van der Waals surface area (Å²) in [6.45, 7) is 0. The number of benzene rings is 2. The number of hydrogen-bond acceptors (Lipinski definition) is 2. The average molecular weight is 401 g/mol. The van der Waals surface area contributed by atoms with E-state index in [0.717, 1.165) is 17.7 Å². The molecule has 0 spiro atoms. The molecule has 1 heterocycles. The molecule has 4 rings (SSSR count). The number of halogens is 4. The van der Waals surface area contributed by atoms with Crippen molar-refractivity contribution in [3.05, 3.63) is 67.6 Å². The second-order valence-corrected chi connectivity index (χ2v) is 7.84. The lowest BCUT2D eigenvalue weighted by Gasteiger charge is -2.38. The molecule has 124 valence electrons. The Bertz CT molecular complexity index is 865. The number of rotatable bonds is 1. The van der Waals surface area contributed by atoms with Crippen molar-refractivity contribution in [2.24, 2.45) is 5.92 Å². The molecular formula is C18H13Cl4NO. The minimum Gasteiger partial charge on any atom is -0.506 e. The van der Waals surface area contributed by atoms with E-state index in [1.165, 1.54) is 6.07 Å². The van der Waals surface area contributed by atoms with Gasteiger partial charge in [0, 0.05) is 21.5 Å². The van der Waals surface area contributed by atoms with Crippen LogP contribution < -0.4 is 5.32 Å². The Morgan fingerprint density at radius 3 is 2.33 bits per heavy atom. The number of phenols is 1. The van der Waals surface area contributed by atoms with Gasteiger partial charge < -0.3 is 10.4 Å². The summed E-state index contributed by atoms with van der Waals surface area (Å²) in [4.78, 5) is 0. The Labute approximate surface area is 160 Å². The third kappa shape index (κ3) is 2.57. The van der Waals surface area contributed by atoms with Crippen molar-refractivity contribution in [3.63, 3.8) is 0 Å². The van der Waals surface area contributed by atoms with Crippen molar-refractivity contribution in [3.8, 4) is 5.75 Å². The van der Waals surface area contributed by atoms with Gasteiger partial charge in [-0.15, -0.1) is 0 Å². The van der Waals surface area contributed by atoms with Crippen LogP contribution in [0.25, 0.3) is 0 Å². The summed E-state index contributed by atoms with van der Waals surface area (Å²) < 4.78 is 0. The molecule has 2 aromatic rings. The molecular weight excluding hydrogens is 388 g/mol. The molecule has 2 nitrogen and oxygen atoms in total. The van der Waals surface area contributed by atoms with Gasteiger partial charge in [-0.05, 0) is 42.2 Å². The highest BCUT2D eigenvalue weighted by atomic mass is 35.5. The number of nitrogens with one attached hydrogen (secondary N) is 1. The molecule has 0 radical (unpaired) electrons. The number of anilines is 1. The van der Waals surface area contributed by atoms with Crippen LogP contribution in [-0.4, -0.2) is 5.11 Å². The SMILES string of the molecule is Oc1c(Cl)cc(Cl)cc1C1Nc2c(Cl)cc(Cl)cc2C2C=CCC21. The van der Waals surface area contributed by atoms with Crippen LogP contribution in [0, 0.1) is 5.92 Å². The topological polar surface area (TPSA) is 32.3 Å². The van der Waals surface area contributed by atoms with E-state index in [9.17, 15) is 5.11 Å². The second-order valence-electron chi connectivity index (χ2n) is 6.15. The maximum absolute atomic E-state index is 10.5. The molecule has 2 aliphatic rings. The number of fused-ring (bicyclic) bond motifs is 3. The minimum atomic E-state index is -0.146. The fourth-order valence-electron chi connectivity index (χ4n) is 3.75. The average Bonchev–Trinajstić information content (AvgIpc) is 3.00. The Morgan fingerprint density at radius 2 is 1.58 bits per heavy atom. The summed E-state index contributed by atoms with van der Waals surface area (Å²) in [5.74, 6) is 0.463. The zero-order chi connectivity index (χ0) is 17.0. The van der Waals surface area contributed by atoms with Crippen LogP contribution in [0.5, 0.6) is 5.75 Å². The van der Waals surface area contributed by atoms with Gasteiger partial charge in [0.1, 0.15) is 5.75 Å². The van der Waals surface area contributed by atoms with Crippen LogP contribution in [0.15, 0.2) is 36.4 Å². The quantitative estimate of drug-likeness (QED) is 0.514. The molecule has 0 aromatic heterocycles. The monoisotopic (exact) mass is 399 g/mol. The summed E-state index contributed by atoms with van der Waals surface area (Å²) in [7, 11) is 0. The molecule has 6 heteroatoms. The van der Waals surface area contributed by atoms with Gasteiger partial charge >= 0.3 is 0 Å². The van der Waals surface area contributed by atoms with E-state index in [2.05, 4.69) is 17.5 Å². The summed E-state index contributed by atoms with van der Waals surface area (Å²) in [5.41, 5.74) is 2.60. The molecule has 0 saturated carbocycles. The first-order chi connectivity index (χ1) is 11.5. The van der Waals surface area contributed by atoms with Gasteiger partial charge in [-0.1, -0.05) is 58.6 Å². The smallest absolute Gasteiger partial charge is 0.139 e. The molecule has 24 heavy (non-hydrogen) atoms. The number of hydrogen-bond donors (Lipinski definition) is 2. The van der Waals surface area contributed by atoms with Crippen molar-refractivity contribution in [1.82, 2.24) is 0 Å². The first-order valence-electron chi connectivity index (χ1n) is 7.55. The first kappa shape index (κ1) is 16.4. The zero-order valence-electron chi connectivity index (χ0n) is 12.4. The van der Waals surface area contributed by atoms with E-state index in [0.29, 0.717) is 20.6 Å². The Balaban J connectivity index is 1.88. The van der Waals surface area contributed by atoms with Crippen LogP contribution in [0.4, 0.5) is 5.69 Å². The standard InChI is InChI=1S/C18H13Cl4NO/c19-8-4-12-10-2-1-3-11(10)16(23-17(12)14(21)6-8)13-5-9(20)7-15(22)18(13)24/h1-2,4-7,10-11,16,23-24H,3H2. The molecule has 2 aromatic carbocycles. The van der Waals surface area contributed by atoms with Gasteiger partial charge in [0.15, 0.2) is 0 Å². The van der Waals surface area contributed by atoms with Crippen LogP contribution in [0.1, 0.15) is 29.5 Å². The summed E-state index contributed by atoms with van der Waals surface area (Å²) in [5, 5.41) is 15.8. The van der Waals surface area contributed by atoms with E-state index < -0.39 is 0 Å². The molecule has 1 aliphatic carbocycles. The van der Waals surface area contributed by atoms with E-state index in [-0.39, 0.29) is 28.6 Å². The lowest BCUT2D eigenvalue weighted by Crippen LogP contribution is -2.29. The maximum Gasteiger partial charge on any atom is 0.139 e. The Kier molecular flexibility index (Phi) is 4.12. The fraction of sp³-hybridized carbons (Fsp3) is 0.222. The molecule has 0 bridgehead atoms. The molecule has 1 aliphatic heterocycles. The van der Waals surface area contributed by atoms with Gasteiger partial charge in [0.05, 0.1) is 21.8 Å². The predicted molar refractivity (Wildman–Crippen MR) is 101 cm³/mol. The highest BCUT2D eigenvalue weighted by molar-refractivity contribution is 6.37. The molecule has 3 atom stereocenters. The summed E-state index contributed by atoms with van der Waals surface area (Å²) in [6.07, 6.45) is 5.21. The third-order valence-electron chi connectivity index (χ3n) is 4.78. The van der Waals surface area contributed by atoms with E-state index >= 15 is 0 Å². The lowest BCUT2D eigenvalue weighted by molar-refractivity contribution is 0.402. The van der Waals surface area contributed by atoms with Gasteiger partial charge in [-0.2, -0.15) is 0 Å². The number of allylic oxidation sites excluding steroid dienone is 2. The minimum absolute atomic E-state index is 0.0535. The van der Waals surface area contributed by atoms with Crippen molar-refractivity contribution in [2.75, 3.05) is 5.32 Å². The summed E-state index contributed by atoms with van der Waals surface area (Å²) >= 11 is 24.9. The van der Waals surface area contributed by atoms with Crippen molar-refractivity contribution in [1.29, 1.82) is 0 Å². The normalized spacial score (nSPS) is 24.4. The van der Waals surface area contributed by atoms with Crippen molar-refractivity contribution < 1.29 is 5.11 Å². The van der Waals surface area contributed by atoms with E-state index in [1.807, 2.05) is 6.07 Å². The van der Waals surface area contributed by atoms with Gasteiger partial charge in [0.2, 0.25) is 0 Å². The van der Waals surface area contributed by atoms with Gasteiger partial charge in [-0.3, -0.25) is 0 Å². The van der Waals surface area contributed by atoms with Crippen LogP contribution in [-0.2, 0) is 0 Å². The Hall–Kier alpha value is -1.06. The van der Waals surface area contributed by atoms with Gasteiger partial charge in [0.25, 0.3) is 0 Å². The van der Waals surface area contributed by atoms with Crippen molar-refractivity contribution >= 4 is 52.1 Å². The van der Waals surface area contributed by atoms with E-state index in [4.69, 9.17) is 46.4 Å². The van der Waals surface area contributed by atoms with Crippen LogP contribution >= 0.6 is 46.4 Å². The second kappa shape index (κ2) is 6.03. The highest BCUT2D eigenvalue weighted by Crippen LogP contribution is 2.54. The number of aromatic hydroxyl groups is 1. The molecule has 0 fully saturated rings. The lowest BCUT2D eigenvalue weighted by atomic mass is 9.77. The largest absolute Gasteiger partial charge is 0.506 e. The predicted octanol–water partition coefficient (Wildman–Crippen LogP) is 6.83. The third-order valence-corrected chi connectivity index (χ3v) is 5.80. The fourth-order valence-corrected chi connectivity index (χ4v) is 4.82. The Morgan fingerprint density at radius 1 is 0.917 bits per heavy atom. The molecule has 0 saturated heterocycles.